The van der Waals surface area contributed by atoms with Crippen LogP contribution in [0.3, 0.4) is 0 Å². The Balaban J connectivity index is 2.15. The second kappa shape index (κ2) is 7.18. The van der Waals surface area contributed by atoms with Crippen molar-refractivity contribution in [2.24, 2.45) is 0 Å². The van der Waals surface area contributed by atoms with Crippen molar-refractivity contribution in [3.05, 3.63) is 59.4 Å². The van der Waals surface area contributed by atoms with Crippen LogP contribution in [0.2, 0.25) is 0 Å². The number of carbonyl (C=O) groups is 2. The molecule has 0 unspecified atom stereocenters. The van der Waals surface area contributed by atoms with Crippen LogP contribution in [0.15, 0.2) is 42.6 Å². The number of anilines is 1. The molecule has 0 saturated heterocycles. The maximum absolute atomic E-state index is 12.5. The topological polar surface area (TPSA) is 50.0 Å². The highest BCUT2D eigenvalue weighted by atomic mass is 16.2. The summed E-state index contributed by atoms with van der Waals surface area (Å²) in [5, 5.41) is 2.90. The average molecular weight is 311 g/mol. The molecule has 0 fully saturated rings. The number of pyridine rings is 1. The van der Waals surface area contributed by atoms with Crippen molar-refractivity contribution < 1.29 is 14.2 Å². The Morgan fingerprint density at radius 1 is 1.13 bits per heavy atom. The van der Waals surface area contributed by atoms with Gasteiger partial charge in [-0.3, -0.25) is 9.59 Å². The van der Waals surface area contributed by atoms with Crippen LogP contribution in [0.1, 0.15) is 48.4 Å². The quantitative estimate of drug-likeness (QED) is 0.681. The van der Waals surface area contributed by atoms with Gasteiger partial charge in [-0.25, -0.2) is 0 Å². The number of hydrogen-bond acceptors (Lipinski definition) is 2. The zero-order chi connectivity index (χ0) is 17.0. The Hall–Kier alpha value is -2.49. The summed E-state index contributed by atoms with van der Waals surface area (Å²) in [4.78, 5) is 23.8. The van der Waals surface area contributed by atoms with Gasteiger partial charge in [0.15, 0.2) is 17.7 Å². The summed E-state index contributed by atoms with van der Waals surface area (Å²) in [6, 6.07) is 10.7. The maximum atomic E-state index is 12.5. The van der Waals surface area contributed by atoms with Crippen LogP contribution in [0.5, 0.6) is 0 Å². The minimum atomic E-state index is -0.311. The van der Waals surface area contributed by atoms with Crippen molar-refractivity contribution in [3.8, 4) is 0 Å². The summed E-state index contributed by atoms with van der Waals surface area (Å²) in [5.74, 6) is -0.0688. The van der Waals surface area contributed by atoms with Gasteiger partial charge >= 0.3 is 0 Å². The van der Waals surface area contributed by atoms with Gasteiger partial charge in [0.1, 0.15) is 0 Å². The van der Waals surface area contributed by atoms with Gasteiger partial charge in [-0.05, 0) is 43.7 Å². The smallest absolute Gasteiger partial charge is 0.293 e. The summed E-state index contributed by atoms with van der Waals surface area (Å²) in [6.07, 6.45) is 2.96. The third kappa shape index (κ3) is 4.03. The molecular formula is C19H23N2O2+. The lowest BCUT2D eigenvalue weighted by atomic mass is 10.1. The van der Waals surface area contributed by atoms with E-state index in [9.17, 15) is 9.59 Å². The Bertz CT molecular complexity index is 721. The molecule has 4 nitrogen and oxygen atoms in total. The van der Waals surface area contributed by atoms with Crippen LogP contribution in [-0.2, 0) is 11.2 Å². The van der Waals surface area contributed by atoms with E-state index in [1.54, 1.807) is 24.3 Å². The van der Waals surface area contributed by atoms with Gasteiger partial charge in [0.25, 0.3) is 5.91 Å². The van der Waals surface area contributed by atoms with E-state index in [1.807, 2.05) is 30.7 Å². The summed E-state index contributed by atoms with van der Waals surface area (Å²) in [5.41, 5.74) is 3.56. The highest BCUT2D eigenvalue weighted by molar-refractivity contribution is 5.96. The largest absolute Gasteiger partial charge is 0.320 e. The Labute approximate surface area is 137 Å². The lowest BCUT2D eigenvalue weighted by Crippen LogP contribution is -2.47. The summed E-state index contributed by atoms with van der Waals surface area (Å²) < 4.78 is 1.98. The molecule has 2 aromatic rings. The number of rotatable bonds is 5. The first-order valence-electron chi connectivity index (χ1n) is 7.85. The van der Waals surface area contributed by atoms with E-state index in [1.165, 1.54) is 12.5 Å². The highest BCUT2D eigenvalue weighted by Crippen LogP contribution is 2.12. The van der Waals surface area contributed by atoms with Crippen molar-refractivity contribution in [2.75, 3.05) is 5.32 Å². The van der Waals surface area contributed by atoms with E-state index in [-0.39, 0.29) is 17.7 Å². The van der Waals surface area contributed by atoms with Crippen LogP contribution in [0.4, 0.5) is 5.69 Å². The molecule has 1 amide bonds. The zero-order valence-corrected chi connectivity index (χ0v) is 14.1. The third-order valence-corrected chi connectivity index (χ3v) is 4.01. The number of nitrogens with one attached hydrogen (secondary N) is 1. The molecule has 0 aliphatic carbocycles. The first kappa shape index (κ1) is 16.9. The van der Waals surface area contributed by atoms with Crippen molar-refractivity contribution >= 4 is 17.4 Å². The zero-order valence-electron chi connectivity index (χ0n) is 14.1. The molecule has 0 saturated carbocycles. The molecule has 0 spiro atoms. The molecule has 1 heterocycles. The molecule has 1 atom stereocenters. The van der Waals surface area contributed by atoms with Crippen LogP contribution in [-0.4, -0.2) is 11.7 Å². The molecule has 0 aliphatic heterocycles. The third-order valence-electron chi connectivity index (χ3n) is 4.01. The van der Waals surface area contributed by atoms with Gasteiger partial charge in [0.05, 0.1) is 0 Å². The number of carbonyl (C=O) groups excluding carboxylic acids is 2. The molecule has 120 valence electrons. The summed E-state index contributed by atoms with van der Waals surface area (Å²) in [6.45, 7) is 7.49. The van der Waals surface area contributed by atoms with E-state index in [2.05, 4.69) is 18.3 Å². The minimum absolute atomic E-state index is 0.0128. The number of hydrogen-bond donors (Lipinski definition) is 1. The highest BCUT2D eigenvalue weighted by Gasteiger charge is 2.24. The Kier molecular flexibility index (Phi) is 5.27. The van der Waals surface area contributed by atoms with Crippen LogP contribution in [0, 0.1) is 6.92 Å². The van der Waals surface area contributed by atoms with E-state index >= 15 is 0 Å². The molecule has 0 radical (unpaired) electrons. The molecule has 1 aromatic carbocycles. The van der Waals surface area contributed by atoms with E-state index < -0.39 is 0 Å². The van der Waals surface area contributed by atoms with Crippen LogP contribution < -0.4 is 9.88 Å². The molecular weight excluding hydrogens is 288 g/mol. The van der Waals surface area contributed by atoms with E-state index in [0.29, 0.717) is 11.3 Å². The van der Waals surface area contributed by atoms with Gasteiger partial charge in [-0.2, -0.15) is 4.57 Å². The monoisotopic (exact) mass is 311 g/mol. The first-order chi connectivity index (χ1) is 10.9. The van der Waals surface area contributed by atoms with Gasteiger partial charge in [0, 0.05) is 36.7 Å². The number of aromatic nitrogens is 1. The molecule has 23 heavy (non-hydrogen) atoms. The lowest BCUT2D eigenvalue weighted by Gasteiger charge is -2.11. The summed E-state index contributed by atoms with van der Waals surface area (Å²) >= 11 is 0. The second-order valence-corrected chi connectivity index (χ2v) is 5.74. The van der Waals surface area contributed by atoms with E-state index in [4.69, 9.17) is 0 Å². The van der Waals surface area contributed by atoms with Gasteiger partial charge in [-0.15, -0.1) is 0 Å². The van der Waals surface area contributed by atoms with Crippen molar-refractivity contribution in [3.63, 3.8) is 0 Å². The van der Waals surface area contributed by atoms with Crippen molar-refractivity contribution in [2.45, 2.75) is 40.2 Å². The predicted octanol–water partition coefficient (Wildman–Crippen LogP) is 3.25. The fourth-order valence-electron chi connectivity index (χ4n) is 2.42. The fourth-order valence-corrected chi connectivity index (χ4v) is 2.42. The minimum Gasteiger partial charge on any atom is -0.320 e. The SMILES string of the molecule is CCc1ccc(C)[n+]([C@H](C)C(=O)Nc2ccc(C(C)=O)cc2)c1. The standard InChI is InChI=1S/C19H22N2O2/c1-5-16-7-6-13(2)21(12-16)14(3)19(23)20-18-10-8-17(9-11-18)15(4)22/h6-12,14H,5H2,1-4H3/p+1/t14-/m1/s1. The van der Waals surface area contributed by atoms with Crippen LogP contribution >= 0.6 is 0 Å². The molecule has 0 aliphatic rings. The lowest BCUT2D eigenvalue weighted by molar-refractivity contribution is -0.711. The number of Topliss-reactive ketones (excluding diaryl/α,β-unsaturated/α-hetero) is 1. The number of ketones is 1. The number of nitrogens with zero attached hydrogens (tertiary/aromatic N) is 1. The van der Waals surface area contributed by atoms with E-state index in [0.717, 1.165) is 12.1 Å². The number of amides is 1. The predicted molar refractivity (Wildman–Crippen MR) is 90.5 cm³/mol. The number of aryl methyl sites for hydroxylation is 2. The Morgan fingerprint density at radius 3 is 2.35 bits per heavy atom. The van der Waals surface area contributed by atoms with Gasteiger partial charge < -0.3 is 5.32 Å². The number of benzene rings is 1. The summed E-state index contributed by atoms with van der Waals surface area (Å²) in [7, 11) is 0. The molecule has 1 N–H and O–H groups in total. The fraction of sp³-hybridized carbons (Fsp3) is 0.316. The molecule has 1 aromatic heterocycles. The molecule has 2 rings (SSSR count). The Morgan fingerprint density at radius 2 is 1.78 bits per heavy atom. The second-order valence-electron chi connectivity index (χ2n) is 5.74. The van der Waals surface area contributed by atoms with Crippen molar-refractivity contribution in [1.29, 1.82) is 0 Å². The van der Waals surface area contributed by atoms with Gasteiger partial charge in [0.2, 0.25) is 6.04 Å². The maximum Gasteiger partial charge on any atom is 0.293 e. The molecule has 0 bridgehead atoms. The first-order valence-corrected chi connectivity index (χ1v) is 7.85. The van der Waals surface area contributed by atoms with Gasteiger partial charge in [-0.1, -0.05) is 6.92 Å². The normalized spacial score (nSPS) is 11.8. The van der Waals surface area contributed by atoms with Crippen LogP contribution in [0.25, 0.3) is 0 Å². The average Bonchev–Trinajstić information content (AvgIpc) is 2.55. The van der Waals surface area contributed by atoms with Crippen molar-refractivity contribution in [1.82, 2.24) is 0 Å². The molecule has 4 heteroatoms.